The number of nitrogens with one attached hydrogen (secondary N) is 1. The molecular weight excluding hydrogens is 248 g/mol. The molecule has 1 N–H and O–H groups in total. The molecule has 0 aromatic heterocycles. The van der Waals surface area contributed by atoms with E-state index >= 15 is 0 Å². The van der Waals surface area contributed by atoms with Crippen molar-refractivity contribution in [1.82, 2.24) is 10.2 Å². The summed E-state index contributed by atoms with van der Waals surface area (Å²) in [5.74, 6) is 1.56. The zero-order valence-corrected chi connectivity index (χ0v) is 12.6. The third-order valence-corrected chi connectivity index (χ3v) is 5.15. The monoisotopic (exact) mass is 272 g/mol. The smallest absolute Gasteiger partial charge is 0.238 e. The fraction of sp³-hybridized carbons (Fsp3) is 0.588. The first kappa shape index (κ1) is 13.6. The largest absolute Gasteiger partial charge is 0.319 e. The minimum atomic E-state index is 0.0557. The molecule has 0 radical (unpaired) electrons. The van der Waals surface area contributed by atoms with E-state index in [-0.39, 0.29) is 12.1 Å². The van der Waals surface area contributed by atoms with Crippen LogP contribution in [0.4, 0.5) is 0 Å². The maximum atomic E-state index is 12.3. The van der Waals surface area contributed by atoms with Crippen LogP contribution in [-0.4, -0.2) is 23.4 Å². The second-order valence-corrected chi connectivity index (χ2v) is 6.48. The van der Waals surface area contributed by atoms with Crippen LogP contribution in [0.25, 0.3) is 0 Å². The van der Waals surface area contributed by atoms with Gasteiger partial charge in [0.25, 0.3) is 0 Å². The van der Waals surface area contributed by atoms with E-state index in [9.17, 15) is 4.79 Å². The Balaban J connectivity index is 1.89. The number of carbonyl (C=O) groups is 1. The van der Waals surface area contributed by atoms with Crippen LogP contribution in [0.1, 0.15) is 44.0 Å². The highest BCUT2D eigenvalue weighted by atomic mass is 16.2. The molecule has 3 rings (SSSR count). The van der Waals surface area contributed by atoms with Crippen molar-refractivity contribution >= 4 is 5.91 Å². The van der Waals surface area contributed by atoms with Gasteiger partial charge in [-0.2, -0.15) is 0 Å². The highest BCUT2D eigenvalue weighted by Gasteiger charge is 2.42. The average Bonchev–Trinajstić information content (AvgIpc) is 2.94. The van der Waals surface area contributed by atoms with E-state index in [1.165, 1.54) is 17.5 Å². The molecule has 1 amide bonds. The second-order valence-electron chi connectivity index (χ2n) is 6.48. The van der Waals surface area contributed by atoms with Crippen LogP contribution in [0.2, 0.25) is 0 Å². The average molecular weight is 272 g/mol. The van der Waals surface area contributed by atoms with Gasteiger partial charge in [0.2, 0.25) is 5.91 Å². The zero-order chi connectivity index (χ0) is 14.3. The van der Waals surface area contributed by atoms with Gasteiger partial charge < -0.3 is 4.90 Å². The van der Waals surface area contributed by atoms with Crippen molar-refractivity contribution < 1.29 is 4.79 Å². The first-order valence-electron chi connectivity index (χ1n) is 7.69. The summed E-state index contributed by atoms with van der Waals surface area (Å²) in [4.78, 5) is 14.5. The van der Waals surface area contributed by atoms with Gasteiger partial charge in [-0.15, -0.1) is 0 Å². The molecule has 1 aromatic carbocycles. The number of benzene rings is 1. The Kier molecular flexibility index (Phi) is 3.55. The minimum Gasteiger partial charge on any atom is -0.319 e. The minimum absolute atomic E-state index is 0.0557. The molecule has 1 heterocycles. The molecule has 3 heteroatoms. The quantitative estimate of drug-likeness (QED) is 0.898. The second kappa shape index (κ2) is 5.21. The van der Waals surface area contributed by atoms with E-state index in [0.29, 0.717) is 24.4 Å². The molecule has 1 aromatic rings. The molecule has 0 spiro atoms. The molecule has 2 fully saturated rings. The standard InChI is InChI=1S/C17H24N2O/c1-11-5-4-6-14(9-11)17-18-10-16(20)19(17)15-8-7-12(2)13(15)3/h4-6,9,12-13,15,17-18H,7-8,10H2,1-3H3. The number of carbonyl (C=O) groups excluding carboxylic acids is 1. The lowest BCUT2D eigenvalue weighted by molar-refractivity contribution is -0.131. The highest BCUT2D eigenvalue weighted by molar-refractivity contribution is 5.81. The first-order valence-corrected chi connectivity index (χ1v) is 7.69. The molecular formula is C17H24N2O. The van der Waals surface area contributed by atoms with Crippen LogP contribution in [0.5, 0.6) is 0 Å². The highest BCUT2D eigenvalue weighted by Crippen LogP contribution is 2.39. The molecule has 20 heavy (non-hydrogen) atoms. The van der Waals surface area contributed by atoms with Crippen molar-refractivity contribution in [2.75, 3.05) is 6.54 Å². The fourth-order valence-electron chi connectivity index (χ4n) is 3.74. The topological polar surface area (TPSA) is 32.3 Å². The Labute approximate surface area is 121 Å². The summed E-state index contributed by atoms with van der Waals surface area (Å²) in [5.41, 5.74) is 2.46. The molecule has 1 aliphatic heterocycles. The van der Waals surface area contributed by atoms with Crippen LogP contribution in [-0.2, 0) is 4.79 Å². The van der Waals surface area contributed by atoms with Crippen molar-refractivity contribution in [2.24, 2.45) is 11.8 Å². The van der Waals surface area contributed by atoms with Crippen LogP contribution < -0.4 is 5.32 Å². The van der Waals surface area contributed by atoms with E-state index in [1.54, 1.807) is 0 Å². The van der Waals surface area contributed by atoms with Gasteiger partial charge in [-0.1, -0.05) is 43.7 Å². The van der Waals surface area contributed by atoms with Gasteiger partial charge in [0.1, 0.15) is 6.17 Å². The van der Waals surface area contributed by atoms with Gasteiger partial charge in [-0.05, 0) is 37.2 Å². The molecule has 1 aliphatic carbocycles. The van der Waals surface area contributed by atoms with Gasteiger partial charge in [0.15, 0.2) is 0 Å². The Bertz CT molecular complexity index is 513. The zero-order valence-electron chi connectivity index (χ0n) is 12.6. The molecule has 0 bridgehead atoms. The molecule has 4 atom stereocenters. The number of amides is 1. The SMILES string of the molecule is Cc1cccc(C2NCC(=O)N2C2CCC(C)C2C)c1. The maximum Gasteiger partial charge on any atom is 0.238 e. The van der Waals surface area contributed by atoms with Crippen molar-refractivity contribution in [2.45, 2.75) is 45.8 Å². The van der Waals surface area contributed by atoms with Crippen LogP contribution in [0.3, 0.4) is 0 Å². The van der Waals surface area contributed by atoms with Crippen LogP contribution in [0.15, 0.2) is 24.3 Å². The number of rotatable bonds is 2. The Morgan fingerprint density at radius 3 is 2.70 bits per heavy atom. The summed E-state index contributed by atoms with van der Waals surface area (Å²) >= 11 is 0. The summed E-state index contributed by atoms with van der Waals surface area (Å²) in [7, 11) is 0. The Morgan fingerprint density at radius 2 is 2.05 bits per heavy atom. The normalized spacial score (nSPS) is 34.0. The Hall–Kier alpha value is -1.35. The molecule has 4 unspecified atom stereocenters. The van der Waals surface area contributed by atoms with Gasteiger partial charge in [0.05, 0.1) is 6.54 Å². The third kappa shape index (κ3) is 2.24. The predicted molar refractivity (Wildman–Crippen MR) is 80.1 cm³/mol. The summed E-state index contributed by atoms with van der Waals surface area (Å²) in [6.45, 7) is 7.17. The van der Waals surface area contributed by atoms with Crippen LogP contribution >= 0.6 is 0 Å². The van der Waals surface area contributed by atoms with E-state index in [0.717, 1.165) is 6.42 Å². The van der Waals surface area contributed by atoms with E-state index < -0.39 is 0 Å². The summed E-state index contributed by atoms with van der Waals surface area (Å²) in [5, 5.41) is 3.39. The van der Waals surface area contributed by atoms with Crippen molar-refractivity contribution in [3.63, 3.8) is 0 Å². The van der Waals surface area contributed by atoms with Crippen LogP contribution in [0, 0.1) is 18.8 Å². The number of hydrogen-bond donors (Lipinski definition) is 1. The lowest BCUT2D eigenvalue weighted by atomic mass is 9.96. The first-order chi connectivity index (χ1) is 9.58. The third-order valence-electron chi connectivity index (χ3n) is 5.15. The van der Waals surface area contributed by atoms with Crippen molar-refractivity contribution in [3.05, 3.63) is 35.4 Å². The van der Waals surface area contributed by atoms with Gasteiger partial charge in [-0.3, -0.25) is 10.1 Å². The number of nitrogens with zero attached hydrogens (tertiary/aromatic N) is 1. The lowest BCUT2D eigenvalue weighted by Crippen LogP contribution is -2.41. The van der Waals surface area contributed by atoms with Crippen molar-refractivity contribution in [1.29, 1.82) is 0 Å². The fourth-order valence-corrected chi connectivity index (χ4v) is 3.74. The number of hydrogen-bond acceptors (Lipinski definition) is 2. The van der Waals surface area contributed by atoms with E-state index in [1.807, 2.05) is 0 Å². The molecule has 2 aliphatic rings. The Morgan fingerprint density at radius 1 is 1.25 bits per heavy atom. The van der Waals surface area contributed by atoms with Crippen molar-refractivity contribution in [3.8, 4) is 0 Å². The molecule has 1 saturated carbocycles. The van der Waals surface area contributed by atoms with E-state index in [2.05, 4.69) is 55.3 Å². The summed E-state index contributed by atoms with van der Waals surface area (Å²) in [6.07, 6.45) is 2.42. The summed E-state index contributed by atoms with van der Waals surface area (Å²) in [6, 6.07) is 8.88. The predicted octanol–water partition coefficient (Wildman–Crippen LogP) is 2.86. The van der Waals surface area contributed by atoms with Gasteiger partial charge >= 0.3 is 0 Å². The molecule has 1 saturated heterocycles. The molecule has 3 nitrogen and oxygen atoms in total. The lowest BCUT2D eigenvalue weighted by Gasteiger charge is -2.34. The van der Waals surface area contributed by atoms with Gasteiger partial charge in [0, 0.05) is 6.04 Å². The molecule has 108 valence electrons. The van der Waals surface area contributed by atoms with E-state index in [4.69, 9.17) is 0 Å². The summed E-state index contributed by atoms with van der Waals surface area (Å²) < 4.78 is 0. The number of aryl methyl sites for hydroxylation is 1. The van der Waals surface area contributed by atoms with Gasteiger partial charge in [-0.25, -0.2) is 0 Å². The maximum absolute atomic E-state index is 12.3.